The van der Waals surface area contributed by atoms with Crippen LogP contribution in [0.15, 0.2) is 18.2 Å². The lowest BCUT2D eigenvalue weighted by Crippen LogP contribution is -2.31. The van der Waals surface area contributed by atoms with Crippen molar-refractivity contribution in [1.82, 2.24) is 0 Å². The zero-order chi connectivity index (χ0) is 13.2. The van der Waals surface area contributed by atoms with Crippen LogP contribution in [0.1, 0.15) is 44.6 Å². The van der Waals surface area contributed by atoms with E-state index < -0.39 is 17.2 Å². The van der Waals surface area contributed by atoms with Crippen molar-refractivity contribution >= 4 is 0 Å². The Labute approximate surface area is 107 Å². The summed E-state index contributed by atoms with van der Waals surface area (Å²) in [7, 11) is 0. The molecule has 1 aliphatic carbocycles. The number of hydrogen-bond donors (Lipinski definition) is 1. The van der Waals surface area contributed by atoms with Gasteiger partial charge >= 0.3 is 0 Å². The fourth-order valence-electron chi connectivity index (χ4n) is 2.78. The zero-order valence-electron chi connectivity index (χ0n) is 10.8. The normalized spacial score (nSPS) is 29.0. The molecule has 1 aromatic carbocycles. The second-order valence-corrected chi connectivity index (χ2v) is 5.65. The van der Waals surface area contributed by atoms with Gasteiger partial charge in [-0.25, -0.2) is 8.78 Å². The summed E-state index contributed by atoms with van der Waals surface area (Å²) in [6.07, 6.45) is 4.57. The molecular formula is C15H20F2O. The summed E-state index contributed by atoms with van der Waals surface area (Å²) in [6.45, 7) is 2.18. The molecule has 1 aromatic rings. The van der Waals surface area contributed by atoms with Crippen molar-refractivity contribution in [2.75, 3.05) is 0 Å². The van der Waals surface area contributed by atoms with Crippen molar-refractivity contribution in [1.29, 1.82) is 0 Å². The van der Waals surface area contributed by atoms with E-state index >= 15 is 0 Å². The predicted octanol–water partition coefficient (Wildman–Crippen LogP) is 3.84. The fourth-order valence-corrected chi connectivity index (χ4v) is 2.78. The molecule has 0 amide bonds. The van der Waals surface area contributed by atoms with Crippen LogP contribution in [0.5, 0.6) is 0 Å². The van der Waals surface area contributed by atoms with Crippen LogP contribution in [0, 0.1) is 17.6 Å². The van der Waals surface area contributed by atoms with Crippen LogP contribution in [0.3, 0.4) is 0 Å². The summed E-state index contributed by atoms with van der Waals surface area (Å²) in [5, 5.41) is 10.5. The van der Waals surface area contributed by atoms with E-state index in [0.717, 1.165) is 25.3 Å². The first-order valence-electron chi connectivity index (χ1n) is 6.65. The van der Waals surface area contributed by atoms with Gasteiger partial charge in [-0.3, -0.25) is 0 Å². The fraction of sp³-hybridized carbons (Fsp3) is 0.600. The van der Waals surface area contributed by atoms with Crippen LogP contribution < -0.4 is 0 Å². The number of aliphatic hydroxyl groups is 1. The van der Waals surface area contributed by atoms with E-state index in [9.17, 15) is 13.9 Å². The lowest BCUT2D eigenvalue weighted by atomic mass is 9.87. The molecule has 1 fully saturated rings. The van der Waals surface area contributed by atoms with Crippen molar-refractivity contribution in [2.45, 2.75) is 51.0 Å². The molecule has 1 saturated carbocycles. The summed E-state index contributed by atoms with van der Waals surface area (Å²) < 4.78 is 26.8. The summed E-state index contributed by atoms with van der Waals surface area (Å²) in [5.41, 5.74) is -0.591. The molecule has 3 heteroatoms. The highest BCUT2D eigenvalue weighted by atomic mass is 19.2. The van der Waals surface area contributed by atoms with Crippen LogP contribution in [0.4, 0.5) is 8.78 Å². The average Bonchev–Trinajstić information content (AvgIpc) is 2.48. The van der Waals surface area contributed by atoms with Gasteiger partial charge in [0.05, 0.1) is 5.60 Å². The number of benzene rings is 1. The molecule has 0 aliphatic heterocycles. The monoisotopic (exact) mass is 254 g/mol. The first kappa shape index (κ1) is 13.5. The lowest BCUT2D eigenvalue weighted by Gasteiger charge is -2.27. The van der Waals surface area contributed by atoms with Gasteiger partial charge in [0.15, 0.2) is 11.6 Å². The van der Waals surface area contributed by atoms with Crippen LogP contribution in [-0.2, 0) is 6.42 Å². The van der Waals surface area contributed by atoms with Crippen LogP contribution >= 0.6 is 0 Å². The molecular weight excluding hydrogens is 234 g/mol. The maximum Gasteiger partial charge on any atom is 0.162 e. The minimum absolute atomic E-state index is 0.212. The van der Waals surface area contributed by atoms with Gasteiger partial charge in [0.1, 0.15) is 0 Å². The number of rotatable bonds is 2. The summed E-state index contributed by atoms with van der Waals surface area (Å²) in [4.78, 5) is 0. The molecule has 0 radical (unpaired) electrons. The Bertz CT molecular complexity index is 419. The van der Waals surface area contributed by atoms with Gasteiger partial charge in [0.25, 0.3) is 0 Å². The van der Waals surface area contributed by atoms with Crippen molar-refractivity contribution in [3.05, 3.63) is 35.4 Å². The Hall–Kier alpha value is -0.960. The topological polar surface area (TPSA) is 20.2 Å². The minimum atomic E-state index is -0.876. The second-order valence-electron chi connectivity index (χ2n) is 5.65. The maximum absolute atomic E-state index is 13.6. The Kier molecular flexibility index (Phi) is 4.00. The Balaban J connectivity index is 2.14. The molecule has 100 valence electrons. The van der Waals surface area contributed by atoms with E-state index in [2.05, 4.69) is 6.92 Å². The van der Waals surface area contributed by atoms with E-state index in [4.69, 9.17) is 0 Å². The zero-order valence-corrected chi connectivity index (χ0v) is 10.8. The SMILES string of the molecule is CC1CCCC(O)(Cc2cccc(F)c2F)CC1. The van der Waals surface area contributed by atoms with Gasteiger partial charge in [0, 0.05) is 6.42 Å². The van der Waals surface area contributed by atoms with Crippen molar-refractivity contribution in [3.63, 3.8) is 0 Å². The number of hydrogen-bond acceptors (Lipinski definition) is 1. The summed E-state index contributed by atoms with van der Waals surface area (Å²) in [5.74, 6) is -1.04. The van der Waals surface area contributed by atoms with E-state index in [-0.39, 0.29) is 12.0 Å². The van der Waals surface area contributed by atoms with Crippen LogP contribution in [0.25, 0.3) is 0 Å². The van der Waals surface area contributed by atoms with Gasteiger partial charge in [-0.15, -0.1) is 0 Å². The molecule has 18 heavy (non-hydrogen) atoms. The number of halogens is 2. The molecule has 0 aromatic heterocycles. The van der Waals surface area contributed by atoms with E-state index in [0.29, 0.717) is 18.8 Å². The summed E-state index contributed by atoms with van der Waals surface area (Å²) >= 11 is 0. The summed E-state index contributed by atoms with van der Waals surface area (Å²) in [6, 6.07) is 4.17. The molecule has 0 spiro atoms. The highest BCUT2D eigenvalue weighted by Crippen LogP contribution is 2.33. The van der Waals surface area contributed by atoms with Crippen LogP contribution in [0.2, 0.25) is 0 Å². The molecule has 0 heterocycles. The first-order chi connectivity index (χ1) is 8.50. The Morgan fingerprint density at radius 2 is 2.06 bits per heavy atom. The van der Waals surface area contributed by atoms with Gasteiger partial charge in [-0.05, 0) is 36.8 Å². The lowest BCUT2D eigenvalue weighted by molar-refractivity contribution is 0.0235. The standard InChI is InChI=1S/C15H20F2O/c1-11-4-3-8-15(18,9-7-11)10-12-5-2-6-13(16)14(12)17/h2,5-6,11,18H,3-4,7-10H2,1H3. The van der Waals surface area contributed by atoms with E-state index in [1.165, 1.54) is 6.07 Å². The third kappa shape index (κ3) is 3.08. The largest absolute Gasteiger partial charge is 0.390 e. The quantitative estimate of drug-likeness (QED) is 0.795. The Morgan fingerprint density at radius 3 is 2.83 bits per heavy atom. The average molecular weight is 254 g/mol. The van der Waals surface area contributed by atoms with E-state index in [1.54, 1.807) is 6.07 Å². The van der Waals surface area contributed by atoms with E-state index in [1.807, 2.05) is 0 Å². The highest BCUT2D eigenvalue weighted by molar-refractivity contribution is 5.21. The smallest absolute Gasteiger partial charge is 0.162 e. The van der Waals surface area contributed by atoms with Crippen molar-refractivity contribution < 1.29 is 13.9 Å². The maximum atomic E-state index is 13.6. The molecule has 1 aliphatic rings. The molecule has 0 bridgehead atoms. The molecule has 0 saturated heterocycles. The minimum Gasteiger partial charge on any atom is -0.390 e. The molecule has 2 atom stereocenters. The third-order valence-electron chi connectivity index (χ3n) is 3.99. The first-order valence-corrected chi connectivity index (χ1v) is 6.65. The Morgan fingerprint density at radius 1 is 1.28 bits per heavy atom. The van der Waals surface area contributed by atoms with Crippen molar-refractivity contribution in [3.8, 4) is 0 Å². The third-order valence-corrected chi connectivity index (χ3v) is 3.99. The predicted molar refractivity (Wildman–Crippen MR) is 67.3 cm³/mol. The van der Waals surface area contributed by atoms with Gasteiger partial charge in [-0.2, -0.15) is 0 Å². The molecule has 2 unspecified atom stereocenters. The highest BCUT2D eigenvalue weighted by Gasteiger charge is 2.31. The van der Waals surface area contributed by atoms with Crippen LogP contribution in [-0.4, -0.2) is 10.7 Å². The van der Waals surface area contributed by atoms with Crippen molar-refractivity contribution in [2.24, 2.45) is 5.92 Å². The molecule has 1 N–H and O–H groups in total. The molecule has 1 nitrogen and oxygen atoms in total. The molecule has 2 rings (SSSR count). The second kappa shape index (κ2) is 5.35. The van der Waals surface area contributed by atoms with Gasteiger partial charge in [0.2, 0.25) is 0 Å². The van der Waals surface area contributed by atoms with Gasteiger partial charge in [-0.1, -0.05) is 31.9 Å². The van der Waals surface area contributed by atoms with Gasteiger partial charge < -0.3 is 5.11 Å².